The van der Waals surface area contributed by atoms with Gasteiger partial charge in [-0.15, -0.1) is 10.2 Å². The highest BCUT2D eigenvalue weighted by Crippen LogP contribution is 2.25. The minimum absolute atomic E-state index is 0.254. The van der Waals surface area contributed by atoms with Crippen molar-refractivity contribution in [2.75, 3.05) is 32.7 Å². The van der Waals surface area contributed by atoms with E-state index in [2.05, 4.69) is 29.1 Å². The van der Waals surface area contributed by atoms with Crippen LogP contribution in [0.5, 0.6) is 0 Å². The van der Waals surface area contributed by atoms with E-state index < -0.39 is 10.0 Å². The summed E-state index contributed by atoms with van der Waals surface area (Å²) in [7, 11) is -3.57. The number of tetrazole rings is 1. The molecule has 0 aliphatic carbocycles. The first kappa shape index (κ1) is 23.0. The first-order chi connectivity index (χ1) is 16.6. The van der Waals surface area contributed by atoms with Gasteiger partial charge >= 0.3 is 0 Å². The van der Waals surface area contributed by atoms with E-state index >= 15 is 0 Å². The average molecular weight is 499 g/mol. The number of fused-ring (bicyclic) bond motifs is 1. The highest BCUT2D eigenvalue weighted by molar-refractivity contribution is 7.89. The molecule has 0 amide bonds. The fourth-order valence-corrected chi connectivity index (χ4v) is 6.30. The van der Waals surface area contributed by atoms with Crippen molar-refractivity contribution in [2.45, 2.75) is 30.7 Å². The summed E-state index contributed by atoms with van der Waals surface area (Å²) in [6, 6.07) is 15.0. The van der Waals surface area contributed by atoms with Gasteiger partial charge in [-0.2, -0.15) is 17.8 Å². The summed E-state index contributed by atoms with van der Waals surface area (Å²) in [5, 5.41) is 12.7. The van der Waals surface area contributed by atoms with Crippen LogP contribution < -0.4 is 0 Å². The Morgan fingerprint density at radius 3 is 2.47 bits per heavy atom. The minimum atomic E-state index is -3.57. The molecule has 10 nitrogen and oxygen atoms in total. The maximum atomic E-state index is 13.2. The molecule has 2 aromatic carbocycles. The zero-order valence-electron chi connectivity index (χ0n) is 18.7. The van der Waals surface area contributed by atoms with E-state index in [4.69, 9.17) is 0 Å². The third-order valence-electron chi connectivity index (χ3n) is 6.02. The number of hydrogen-bond acceptors (Lipinski definition) is 9. The normalized spacial score (nSPS) is 15.8. The van der Waals surface area contributed by atoms with Gasteiger partial charge in [-0.25, -0.2) is 8.42 Å². The predicted octanol–water partition coefficient (Wildman–Crippen LogP) is 2.52. The summed E-state index contributed by atoms with van der Waals surface area (Å²) in [5.74, 6) is 0.649. The van der Waals surface area contributed by atoms with Gasteiger partial charge in [0, 0.05) is 31.7 Å². The van der Waals surface area contributed by atoms with Crippen molar-refractivity contribution in [3.63, 3.8) is 0 Å². The van der Waals surface area contributed by atoms with Crippen molar-refractivity contribution in [2.24, 2.45) is 0 Å². The number of aromatic nitrogens is 6. The number of aryl methyl sites for hydroxylation is 1. The summed E-state index contributed by atoms with van der Waals surface area (Å²) >= 11 is 1.04. The topological polar surface area (TPSA) is 110 Å². The van der Waals surface area contributed by atoms with Gasteiger partial charge in [0.2, 0.25) is 15.8 Å². The number of rotatable bonds is 9. The third-order valence-corrected chi connectivity index (χ3v) is 8.49. The van der Waals surface area contributed by atoms with Crippen LogP contribution in [-0.4, -0.2) is 79.3 Å². The number of hydrogen-bond donors (Lipinski definition) is 0. The van der Waals surface area contributed by atoms with Gasteiger partial charge in [-0.1, -0.05) is 42.8 Å². The lowest BCUT2D eigenvalue weighted by Gasteiger charge is -2.34. The summed E-state index contributed by atoms with van der Waals surface area (Å²) in [6.07, 6.45) is 3.08. The maximum absolute atomic E-state index is 13.2. The Hall–Kier alpha value is -2.80. The highest BCUT2D eigenvalue weighted by Gasteiger charge is 2.30. The van der Waals surface area contributed by atoms with E-state index in [1.54, 1.807) is 27.3 Å². The molecule has 1 aliphatic rings. The van der Waals surface area contributed by atoms with Crippen molar-refractivity contribution in [3.05, 3.63) is 48.5 Å². The lowest BCUT2D eigenvalue weighted by atomic mass is 10.2. The van der Waals surface area contributed by atoms with E-state index in [1.165, 1.54) is 0 Å². The lowest BCUT2D eigenvalue weighted by Crippen LogP contribution is -2.48. The molecule has 0 atom stereocenters. The molecule has 1 fully saturated rings. The molecule has 2 aromatic heterocycles. The van der Waals surface area contributed by atoms with Crippen LogP contribution in [0.4, 0.5) is 0 Å². The second kappa shape index (κ2) is 10.2. The predicted molar refractivity (Wildman–Crippen MR) is 130 cm³/mol. The largest absolute Gasteiger partial charge is 0.301 e. The van der Waals surface area contributed by atoms with Crippen molar-refractivity contribution in [1.82, 2.24) is 38.2 Å². The lowest BCUT2D eigenvalue weighted by molar-refractivity contribution is 0.185. The zero-order valence-corrected chi connectivity index (χ0v) is 20.3. The van der Waals surface area contributed by atoms with Crippen molar-refractivity contribution in [1.29, 1.82) is 0 Å². The first-order valence-corrected chi connectivity index (χ1v) is 13.6. The number of sulfonamides is 1. The molecule has 0 saturated carbocycles. The molecule has 1 aliphatic heterocycles. The van der Waals surface area contributed by atoms with Crippen LogP contribution in [0.1, 0.15) is 19.3 Å². The molecule has 178 valence electrons. The average Bonchev–Trinajstić information content (AvgIpc) is 3.54. The van der Waals surface area contributed by atoms with Crippen LogP contribution in [0.2, 0.25) is 0 Å². The van der Waals surface area contributed by atoms with E-state index in [0.29, 0.717) is 29.9 Å². The molecule has 12 heteroatoms. The van der Waals surface area contributed by atoms with E-state index in [9.17, 15) is 8.42 Å². The molecule has 3 heterocycles. The summed E-state index contributed by atoms with van der Waals surface area (Å²) in [6.45, 7) is 4.14. The molecule has 0 bridgehead atoms. The van der Waals surface area contributed by atoms with Gasteiger partial charge in [-0.3, -0.25) is 0 Å². The SMILES string of the molecule is O=S(=O)(c1cccc2nsnc12)N1CCN(CCCCCn2nnc(-c3ccccc3)n2)CC1. The maximum Gasteiger partial charge on any atom is 0.245 e. The molecule has 5 rings (SSSR count). The number of benzene rings is 2. The second-order valence-corrected chi connectivity index (χ2v) is 10.7. The summed E-state index contributed by atoms with van der Waals surface area (Å²) < 4.78 is 36.2. The first-order valence-electron chi connectivity index (χ1n) is 11.4. The second-order valence-electron chi connectivity index (χ2n) is 8.27. The Labute approximate surface area is 202 Å². The third kappa shape index (κ3) is 4.99. The van der Waals surface area contributed by atoms with Crippen molar-refractivity contribution in [3.8, 4) is 11.4 Å². The standard InChI is InChI=1S/C22H26N8O2S2/c31-34(32,20-11-7-10-19-21(20)26-33-25-19)29-16-14-28(15-17-29)12-5-2-6-13-30-24-22(23-27-30)18-8-3-1-4-9-18/h1,3-4,7-11H,2,5-6,12-17H2. The Morgan fingerprint density at radius 2 is 1.65 bits per heavy atom. The van der Waals surface area contributed by atoms with Gasteiger partial charge in [0.05, 0.1) is 18.3 Å². The smallest absolute Gasteiger partial charge is 0.245 e. The Kier molecular flexibility index (Phi) is 6.90. The Bertz CT molecular complexity index is 1330. The van der Waals surface area contributed by atoms with Crippen LogP contribution in [-0.2, 0) is 16.6 Å². The van der Waals surface area contributed by atoms with Gasteiger partial charge < -0.3 is 4.90 Å². The molecule has 0 spiro atoms. The van der Waals surface area contributed by atoms with Gasteiger partial charge in [0.1, 0.15) is 15.9 Å². The minimum Gasteiger partial charge on any atom is -0.301 e. The number of nitrogens with zero attached hydrogens (tertiary/aromatic N) is 8. The van der Waals surface area contributed by atoms with Crippen molar-refractivity contribution >= 4 is 32.8 Å². The van der Waals surface area contributed by atoms with Crippen LogP contribution >= 0.6 is 11.7 Å². The highest BCUT2D eigenvalue weighted by atomic mass is 32.2. The van der Waals surface area contributed by atoms with E-state index in [0.717, 1.165) is 62.7 Å². The van der Waals surface area contributed by atoms with Gasteiger partial charge in [0.15, 0.2) is 0 Å². The molecule has 0 N–H and O–H groups in total. The number of piperazine rings is 1. The van der Waals surface area contributed by atoms with Crippen LogP contribution in [0.3, 0.4) is 0 Å². The molecule has 0 radical (unpaired) electrons. The van der Waals surface area contributed by atoms with Gasteiger partial charge in [-0.05, 0) is 36.7 Å². The number of unbranched alkanes of at least 4 members (excludes halogenated alkanes) is 2. The molecular weight excluding hydrogens is 472 g/mol. The molecule has 34 heavy (non-hydrogen) atoms. The quantitative estimate of drug-likeness (QED) is 0.324. The Morgan fingerprint density at radius 1 is 0.853 bits per heavy atom. The van der Waals surface area contributed by atoms with Crippen LogP contribution in [0.15, 0.2) is 53.4 Å². The fraction of sp³-hybridized carbons (Fsp3) is 0.409. The van der Waals surface area contributed by atoms with E-state index in [-0.39, 0.29) is 4.90 Å². The Balaban J connectivity index is 1.05. The molecule has 4 aromatic rings. The molecule has 1 saturated heterocycles. The van der Waals surface area contributed by atoms with Gasteiger partial charge in [0.25, 0.3) is 0 Å². The van der Waals surface area contributed by atoms with Crippen molar-refractivity contribution < 1.29 is 8.42 Å². The fourth-order valence-electron chi connectivity index (χ4n) is 4.13. The monoisotopic (exact) mass is 498 g/mol. The summed E-state index contributed by atoms with van der Waals surface area (Å²) in [4.78, 5) is 4.24. The summed E-state index contributed by atoms with van der Waals surface area (Å²) in [5.41, 5.74) is 2.06. The zero-order chi connectivity index (χ0) is 23.4. The molecular formula is C22H26N8O2S2. The van der Waals surface area contributed by atoms with Crippen LogP contribution in [0, 0.1) is 0 Å². The van der Waals surface area contributed by atoms with E-state index in [1.807, 2.05) is 30.3 Å². The van der Waals surface area contributed by atoms with Crippen LogP contribution in [0.25, 0.3) is 22.4 Å². The molecule has 0 unspecified atom stereocenters.